The van der Waals surface area contributed by atoms with Crippen LogP contribution in [0.2, 0.25) is 0 Å². The van der Waals surface area contributed by atoms with Crippen LogP contribution in [0.25, 0.3) is 0 Å². The maximum Gasteiger partial charge on any atom is 0.425 e. The molecule has 0 aliphatic heterocycles. The molecule has 6 atom stereocenters. The Labute approximate surface area is 276 Å². The van der Waals surface area contributed by atoms with E-state index in [9.17, 15) is 44.1 Å². The first-order valence-electron chi connectivity index (χ1n) is 17.3. The van der Waals surface area contributed by atoms with Crippen LogP contribution in [-0.4, -0.2) is 44.5 Å². The van der Waals surface area contributed by atoms with Gasteiger partial charge in [-0.05, 0) is 48.9 Å². The normalized spacial score (nSPS) is 24.5. The molecule has 0 N–H and O–H groups in total. The SMILES string of the molecule is CC1C(C)C2CC1C(C)C2C(=O)OCCCCCCCCCCCCCCCCCCOOC(=C(C(F)(F)F)C(F)(F)F)S(=O)(=O)[O-]. The van der Waals surface area contributed by atoms with E-state index < -0.39 is 39.7 Å². The molecule has 0 saturated heterocycles. The molecule has 2 saturated carbocycles. The summed E-state index contributed by atoms with van der Waals surface area (Å²) in [5.74, 6) is 3.05. The van der Waals surface area contributed by atoms with Gasteiger partial charge in [-0.3, -0.25) is 4.79 Å². The van der Waals surface area contributed by atoms with Crippen molar-refractivity contribution in [3.8, 4) is 0 Å². The average Bonchev–Trinajstić information content (AvgIpc) is 3.44. The lowest BCUT2D eigenvalue weighted by Crippen LogP contribution is -2.36. The fourth-order valence-electron chi connectivity index (χ4n) is 7.44. The molecule has 0 heterocycles. The van der Waals surface area contributed by atoms with Crippen LogP contribution < -0.4 is 0 Å². The highest BCUT2D eigenvalue weighted by molar-refractivity contribution is 7.89. The number of hydrogen-bond donors (Lipinski definition) is 0. The van der Waals surface area contributed by atoms with E-state index in [0.717, 1.165) is 57.8 Å². The fraction of sp³-hybridized carbons (Fsp3) is 0.909. The molecule has 276 valence electrons. The third-order valence-electron chi connectivity index (χ3n) is 10.2. The van der Waals surface area contributed by atoms with E-state index in [2.05, 4.69) is 30.5 Å². The molecular weight excluding hydrogens is 654 g/mol. The van der Waals surface area contributed by atoms with E-state index in [0.29, 0.717) is 42.6 Å². The molecule has 0 aromatic carbocycles. The van der Waals surface area contributed by atoms with Gasteiger partial charge in [0.25, 0.3) is 5.09 Å². The van der Waals surface area contributed by atoms with Crippen LogP contribution in [0.4, 0.5) is 26.3 Å². The molecule has 0 amide bonds. The summed E-state index contributed by atoms with van der Waals surface area (Å²) in [4.78, 5) is 20.6. The number of fused-ring (bicyclic) bond motifs is 2. The van der Waals surface area contributed by atoms with Gasteiger partial charge in [-0.1, -0.05) is 111 Å². The lowest BCUT2D eigenvalue weighted by Gasteiger charge is -2.35. The predicted octanol–water partition coefficient (Wildman–Crippen LogP) is 9.77. The molecule has 0 aromatic rings. The summed E-state index contributed by atoms with van der Waals surface area (Å²) < 4.78 is 115. The number of ether oxygens (including phenoxy) is 1. The number of rotatable bonds is 23. The highest BCUT2D eigenvalue weighted by Gasteiger charge is 2.57. The third kappa shape index (κ3) is 13.7. The van der Waals surface area contributed by atoms with Crippen molar-refractivity contribution in [1.29, 1.82) is 0 Å². The molecule has 0 aromatic heterocycles. The van der Waals surface area contributed by atoms with Gasteiger partial charge in [-0.2, -0.15) is 31.2 Å². The molecule has 2 rings (SSSR count). The Morgan fingerprint density at radius 1 is 0.638 bits per heavy atom. The van der Waals surface area contributed by atoms with Crippen LogP contribution in [-0.2, 0) is 29.4 Å². The number of halogens is 6. The molecule has 2 fully saturated rings. The molecule has 6 unspecified atom stereocenters. The Kier molecular flexibility index (Phi) is 17.4. The van der Waals surface area contributed by atoms with E-state index in [1.165, 1.54) is 38.5 Å². The standard InChI is InChI=1S/C33H54F6O7S/c1-23-24(2)27-22-26(23)25(3)28(27)30(40)44-20-18-16-14-12-10-8-6-4-5-7-9-11-13-15-17-19-21-45-46-31(47(41,42)43)29(32(34,35)36)33(37,38)39/h23-28H,4-22H2,1-3H3,(H,41,42,43)/p-1. The Morgan fingerprint density at radius 2 is 1.02 bits per heavy atom. The van der Waals surface area contributed by atoms with E-state index in [-0.39, 0.29) is 18.3 Å². The molecule has 0 radical (unpaired) electrons. The van der Waals surface area contributed by atoms with Crippen LogP contribution >= 0.6 is 0 Å². The molecule has 7 nitrogen and oxygen atoms in total. The number of hydrogen-bond acceptors (Lipinski definition) is 7. The molecule has 14 heteroatoms. The first-order valence-corrected chi connectivity index (χ1v) is 18.7. The summed E-state index contributed by atoms with van der Waals surface area (Å²) in [5, 5.41) is -2.84. The van der Waals surface area contributed by atoms with Crippen molar-refractivity contribution in [2.24, 2.45) is 35.5 Å². The van der Waals surface area contributed by atoms with E-state index in [4.69, 9.17) is 4.74 Å². The molecule has 2 aliphatic carbocycles. The van der Waals surface area contributed by atoms with Gasteiger partial charge in [0.2, 0.25) is 0 Å². The number of carbonyl (C=O) groups is 1. The van der Waals surface area contributed by atoms with Crippen molar-refractivity contribution < 1.29 is 58.6 Å². The summed E-state index contributed by atoms with van der Waals surface area (Å²) in [6.45, 7) is 6.89. The number of carbonyl (C=O) groups excluding carboxylic acids is 1. The first-order chi connectivity index (χ1) is 22.0. The first kappa shape index (κ1) is 41.6. The van der Waals surface area contributed by atoms with Gasteiger partial charge >= 0.3 is 18.3 Å². The fourth-order valence-corrected chi connectivity index (χ4v) is 8.05. The molecule has 0 spiro atoms. The number of allylic oxidation sites excluding steroid dienone is 1. The van der Waals surface area contributed by atoms with Crippen LogP contribution in [0.15, 0.2) is 10.7 Å². The minimum atomic E-state index is -6.23. The van der Waals surface area contributed by atoms with Crippen molar-refractivity contribution in [3.63, 3.8) is 0 Å². The molecule has 2 bridgehead atoms. The van der Waals surface area contributed by atoms with Crippen LogP contribution in [0, 0.1) is 35.5 Å². The van der Waals surface area contributed by atoms with Crippen LogP contribution in [0.5, 0.6) is 0 Å². The smallest absolute Gasteiger partial charge is 0.425 e. The number of alkyl halides is 6. The largest absolute Gasteiger partial charge is 0.742 e. The van der Waals surface area contributed by atoms with Gasteiger partial charge in [0.15, 0.2) is 15.7 Å². The Morgan fingerprint density at radius 3 is 1.40 bits per heavy atom. The van der Waals surface area contributed by atoms with Crippen molar-refractivity contribution in [2.45, 2.75) is 142 Å². The van der Waals surface area contributed by atoms with Gasteiger partial charge < -0.3 is 14.2 Å². The lowest BCUT2D eigenvalue weighted by atomic mass is 9.70. The maximum absolute atomic E-state index is 12.7. The lowest BCUT2D eigenvalue weighted by molar-refractivity contribution is -0.263. The van der Waals surface area contributed by atoms with Crippen molar-refractivity contribution in [2.75, 3.05) is 13.2 Å². The highest BCUT2D eigenvalue weighted by atomic mass is 32.2. The quantitative estimate of drug-likeness (QED) is 0.0198. The zero-order valence-electron chi connectivity index (χ0n) is 27.9. The van der Waals surface area contributed by atoms with Crippen molar-refractivity contribution in [1.82, 2.24) is 0 Å². The zero-order chi connectivity index (χ0) is 35.3. The minimum absolute atomic E-state index is 0.0250. The second kappa shape index (κ2) is 19.6. The minimum Gasteiger partial charge on any atom is -0.742 e. The zero-order valence-corrected chi connectivity index (χ0v) is 28.7. The van der Waals surface area contributed by atoms with E-state index >= 15 is 0 Å². The Balaban J connectivity index is 1.37. The van der Waals surface area contributed by atoms with E-state index in [1.54, 1.807) is 0 Å². The Bertz CT molecular complexity index is 1060. The maximum atomic E-state index is 12.7. The van der Waals surface area contributed by atoms with Gasteiger partial charge in [0.1, 0.15) is 0 Å². The summed E-state index contributed by atoms with van der Waals surface area (Å²) in [6.07, 6.45) is 4.74. The second-order valence-corrected chi connectivity index (χ2v) is 14.8. The molecule has 2 aliphatic rings. The van der Waals surface area contributed by atoms with Gasteiger partial charge in [0, 0.05) is 0 Å². The number of unbranched alkanes of at least 4 members (excludes halogenated alkanes) is 15. The van der Waals surface area contributed by atoms with Crippen LogP contribution in [0.1, 0.15) is 130 Å². The topological polar surface area (TPSA) is 102 Å². The predicted molar refractivity (Wildman–Crippen MR) is 163 cm³/mol. The van der Waals surface area contributed by atoms with Gasteiger partial charge in [0.05, 0.1) is 19.1 Å². The summed E-state index contributed by atoms with van der Waals surface area (Å²) in [5.41, 5.74) is -3.56. The van der Waals surface area contributed by atoms with Crippen LogP contribution in [0.3, 0.4) is 0 Å². The summed E-state index contributed by atoms with van der Waals surface area (Å²) in [6, 6.07) is 0. The van der Waals surface area contributed by atoms with Crippen molar-refractivity contribution >= 4 is 16.1 Å². The number of esters is 1. The summed E-state index contributed by atoms with van der Waals surface area (Å²) in [7, 11) is -6.23. The molecular formula is C33H53F6O7S-. The van der Waals surface area contributed by atoms with Crippen molar-refractivity contribution in [3.05, 3.63) is 10.7 Å². The monoisotopic (exact) mass is 707 g/mol. The van der Waals surface area contributed by atoms with Gasteiger partial charge in [-0.15, -0.1) is 0 Å². The van der Waals surface area contributed by atoms with E-state index in [1.807, 2.05) is 0 Å². The second-order valence-electron chi connectivity index (χ2n) is 13.5. The van der Waals surface area contributed by atoms with Gasteiger partial charge in [-0.25, -0.2) is 8.42 Å². The summed E-state index contributed by atoms with van der Waals surface area (Å²) >= 11 is 0. The molecule has 47 heavy (non-hydrogen) atoms. The Hall–Kier alpha value is -1.54. The third-order valence-corrected chi connectivity index (χ3v) is 10.9. The highest BCUT2D eigenvalue weighted by Crippen LogP contribution is 2.58. The average molecular weight is 708 g/mol.